The number of carbonyl (C=O) groups is 2. The van der Waals surface area contributed by atoms with Crippen molar-refractivity contribution in [3.8, 4) is 0 Å². The lowest BCUT2D eigenvalue weighted by Gasteiger charge is -2.11. The van der Waals surface area contributed by atoms with Crippen molar-refractivity contribution in [1.29, 1.82) is 0 Å². The summed E-state index contributed by atoms with van der Waals surface area (Å²) in [6.45, 7) is 11.0. The topological polar surface area (TPSA) is 34.1 Å². The molecule has 0 radical (unpaired) electrons. The van der Waals surface area contributed by atoms with Crippen molar-refractivity contribution >= 4 is 104 Å². The molecule has 31 heavy (non-hydrogen) atoms. The highest BCUT2D eigenvalue weighted by atomic mass is 32.2. The number of hydrogen-bond acceptors (Lipinski definition) is 10. The second-order valence-electron chi connectivity index (χ2n) is 7.31. The minimum Gasteiger partial charge on any atom is -0.282 e. The third kappa shape index (κ3) is 12.2. The van der Waals surface area contributed by atoms with E-state index in [1.807, 2.05) is 0 Å². The van der Waals surface area contributed by atoms with Crippen LogP contribution in [0.2, 0.25) is 0 Å². The first-order valence-corrected chi connectivity index (χ1v) is 18.5. The summed E-state index contributed by atoms with van der Waals surface area (Å²) in [5.74, 6) is 6.71. The molecule has 0 saturated carbocycles. The van der Waals surface area contributed by atoms with Gasteiger partial charge in [-0.1, -0.05) is 36.7 Å². The fraction of sp³-hybridized carbons (Fsp3) is 0.714. The summed E-state index contributed by atoms with van der Waals surface area (Å²) in [7, 11) is 0. The molecule has 4 atom stereocenters. The summed E-state index contributed by atoms with van der Waals surface area (Å²) < 4.78 is 1.41. The maximum Gasteiger partial charge on any atom is 0.214 e. The van der Waals surface area contributed by atoms with Crippen molar-refractivity contribution in [3.63, 3.8) is 0 Å². The summed E-state index contributed by atoms with van der Waals surface area (Å²) in [5, 5.41) is 2.85. The molecule has 176 valence electrons. The van der Waals surface area contributed by atoms with E-state index < -0.39 is 0 Å². The van der Waals surface area contributed by atoms with Crippen LogP contribution in [-0.2, 0) is 9.59 Å². The molecule has 0 spiro atoms. The van der Waals surface area contributed by atoms with E-state index in [2.05, 4.69) is 83.7 Å². The van der Waals surface area contributed by atoms with Gasteiger partial charge >= 0.3 is 0 Å². The van der Waals surface area contributed by atoms with Crippen molar-refractivity contribution in [3.05, 3.63) is 24.3 Å². The molecular weight excluding hydrogens is 541 g/mol. The minimum atomic E-state index is 0.140. The quantitative estimate of drug-likeness (QED) is 0.121. The average Bonchev–Trinajstić information content (AvgIpc) is 3.37. The highest BCUT2D eigenvalue weighted by molar-refractivity contribution is 8.24. The molecule has 0 aromatic heterocycles. The van der Waals surface area contributed by atoms with E-state index in [0.717, 1.165) is 24.3 Å². The highest BCUT2D eigenvalue weighted by Gasteiger charge is 2.27. The Bertz CT molecular complexity index is 575. The Kier molecular flexibility index (Phi) is 15.2. The van der Waals surface area contributed by atoms with Crippen LogP contribution in [-0.4, -0.2) is 69.5 Å². The van der Waals surface area contributed by atoms with Crippen LogP contribution in [0.4, 0.5) is 0 Å². The van der Waals surface area contributed by atoms with Gasteiger partial charge in [-0.25, -0.2) is 0 Å². The van der Waals surface area contributed by atoms with E-state index in [9.17, 15) is 9.59 Å². The van der Waals surface area contributed by atoms with Gasteiger partial charge in [0.25, 0.3) is 0 Å². The van der Waals surface area contributed by atoms with Crippen LogP contribution >= 0.6 is 94.1 Å². The zero-order valence-corrected chi connectivity index (χ0v) is 24.7. The zero-order valence-electron chi connectivity index (χ0n) is 18.2. The molecule has 0 aliphatic carbocycles. The molecule has 0 amide bonds. The molecule has 2 aliphatic heterocycles. The fourth-order valence-corrected chi connectivity index (χ4v) is 14.5. The van der Waals surface area contributed by atoms with E-state index >= 15 is 0 Å². The predicted molar refractivity (Wildman–Crippen MR) is 159 cm³/mol. The van der Waals surface area contributed by atoms with Gasteiger partial charge in [-0.3, -0.25) is 9.59 Å². The van der Waals surface area contributed by atoms with E-state index in [4.69, 9.17) is 0 Å². The molecule has 0 N–H and O–H groups in total. The summed E-state index contributed by atoms with van der Waals surface area (Å²) >= 11 is 15.4. The second kappa shape index (κ2) is 16.3. The van der Waals surface area contributed by atoms with Crippen LogP contribution in [0, 0.1) is 0 Å². The van der Waals surface area contributed by atoms with Gasteiger partial charge in [0.05, 0.1) is 9.16 Å². The molecule has 2 saturated heterocycles. The summed E-state index contributed by atoms with van der Waals surface area (Å²) in [5.41, 5.74) is 1.31. The van der Waals surface area contributed by atoms with Crippen LogP contribution in [0.3, 0.4) is 0 Å². The monoisotopic (exact) mass is 572 g/mol. The lowest BCUT2D eigenvalue weighted by molar-refractivity contribution is -0.108. The molecule has 0 aromatic carbocycles. The van der Waals surface area contributed by atoms with Gasteiger partial charge in [-0.2, -0.15) is 0 Å². The number of rotatable bonds is 14. The lowest BCUT2D eigenvalue weighted by atomic mass is 10.4. The van der Waals surface area contributed by atoms with Crippen molar-refractivity contribution < 1.29 is 9.59 Å². The Morgan fingerprint density at radius 1 is 0.806 bits per heavy atom. The van der Waals surface area contributed by atoms with Gasteiger partial charge in [0.2, 0.25) is 10.2 Å². The summed E-state index contributed by atoms with van der Waals surface area (Å²) in [6.07, 6.45) is 2.24. The zero-order chi connectivity index (χ0) is 22.6. The standard InChI is InChI=1S/C21H32O2S8/c1-14(2)20(22)26-7-5-16-9-28-18(30-16)11-24-13-25-12-19-29-10-17(31-19)6-8-27-21(23)15(3)4/h16-19H,1,3,5-13H2,2,4H3. The highest BCUT2D eigenvalue weighted by Crippen LogP contribution is 2.43. The molecule has 2 aliphatic rings. The normalized spacial score (nSPS) is 25.6. The molecule has 2 fully saturated rings. The predicted octanol–water partition coefficient (Wildman–Crippen LogP) is 7.21. The van der Waals surface area contributed by atoms with Crippen LogP contribution in [0.25, 0.3) is 0 Å². The molecule has 2 nitrogen and oxygen atoms in total. The summed E-state index contributed by atoms with van der Waals surface area (Å²) in [6, 6.07) is 0. The van der Waals surface area contributed by atoms with Crippen molar-refractivity contribution in [2.75, 3.05) is 39.6 Å². The smallest absolute Gasteiger partial charge is 0.214 e. The Morgan fingerprint density at radius 3 is 1.61 bits per heavy atom. The molecule has 2 rings (SSSR count). The number of thioether (sulfide) groups is 8. The van der Waals surface area contributed by atoms with Gasteiger partial charge in [-0.15, -0.1) is 70.6 Å². The lowest BCUT2D eigenvalue weighted by Crippen LogP contribution is -2.05. The second-order valence-corrected chi connectivity index (χ2v) is 18.0. The maximum absolute atomic E-state index is 11.6. The van der Waals surface area contributed by atoms with E-state index in [1.54, 1.807) is 13.8 Å². The number of hydrogen-bond donors (Lipinski definition) is 0. The first-order chi connectivity index (χ1) is 14.8. The van der Waals surface area contributed by atoms with Crippen molar-refractivity contribution in [2.45, 2.75) is 46.4 Å². The third-order valence-electron chi connectivity index (χ3n) is 4.34. The molecule has 4 unspecified atom stereocenters. The van der Waals surface area contributed by atoms with E-state index in [-0.39, 0.29) is 10.2 Å². The minimum absolute atomic E-state index is 0.140. The summed E-state index contributed by atoms with van der Waals surface area (Å²) in [4.78, 5) is 23.2. The van der Waals surface area contributed by atoms with E-state index in [1.165, 1.54) is 51.6 Å². The van der Waals surface area contributed by atoms with Crippen LogP contribution in [0.5, 0.6) is 0 Å². The fourth-order valence-electron chi connectivity index (χ4n) is 2.65. The molecular formula is C21H32O2S8. The van der Waals surface area contributed by atoms with Crippen LogP contribution in [0.1, 0.15) is 26.7 Å². The maximum atomic E-state index is 11.6. The van der Waals surface area contributed by atoms with Crippen LogP contribution in [0.15, 0.2) is 24.3 Å². The Morgan fingerprint density at radius 2 is 1.23 bits per heavy atom. The molecule has 0 aromatic rings. The first-order valence-electron chi connectivity index (χ1n) is 10.2. The largest absolute Gasteiger partial charge is 0.282 e. The van der Waals surface area contributed by atoms with Gasteiger partial charge < -0.3 is 0 Å². The van der Waals surface area contributed by atoms with Gasteiger partial charge in [0.1, 0.15) is 0 Å². The Hall–Kier alpha value is 1.62. The third-order valence-corrected chi connectivity index (χ3v) is 16.4. The van der Waals surface area contributed by atoms with E-state index in [0.29, 0.717) is 30.8 Å². The SMILES string of the molecule is C=C(C)C(=O)SCCC1CSC(CSCSCC2SCC(CCSC(=O)C(=C)C)S2)S1. The van der Waals surface area contributed by atoms with Gasteiger partial charge in [-0.05, 0) is 37.8 Å². The Balaban J connectivity index is 1.44. The van der Waals surface area contributed by atoms with Crippen molar-refractivity contribution in [1.82, 2.24) is 0 Å². The average molecular weight is 573 g/mol. The molecule has 10 heteroatoms. The number of carbonyl (C=O) groups excluding carboxylic acids is 2. The Labute approximate surface area is 222 Å². The van der Waals surface area contributed by atoms with Crippen LogP contribution < -0.4 is 0 Å². The first kappa shape index (κ1) is 28.9. The van der Waals surface area contributed by atoms with Crippen molar-refractivity contribution in [2.24, 2.45) is 0 Å². The van der Waals surface area contributed by atoms with Gasteiger partial charge in [0, 0.05) is 50.1 Å². The molecule has 2 heterocycles. The molecule has 0 bridgehead atoms. The van der Waals surface area contributed by atoms with Gasteiger partial charge in [0.15, 0.2) is 0 Å².